The van der Waals surface area contributed by atoms with Crippen molar-refractivity contribution in [1.82, 2.24) is 29.9 Å². The summed E-state index contributed by atoms with van der Waals surface area (Å²) >= 11 is 0. The minimum Gasteiger partial charge on any atom is -0.342 e. The molecule has 1 amide bonds. The molecule has 0 aromatic carbocycles. The molecule has 0 aliphatic carbocycles. The third-order valence-electron chi connectivity index (χ3n) is 2.74. The van der Waals surface area contributed by atoms with E-state index in [1.165, 1.54) is 6.33 Å². The van der Waals surface area contributed by atoms with E-state index in [1.807, 2.05) is 13.8 Å². The Hall–Kier alpha value is -2.18. The Morgan fingerprint density at radius 3 is 2.67 bits per heavy atom. The number of hydrogen-bond donors (Lipinski definition) is 1. The zero-order valence-electron chi connectivity index (χ0n) is 10.9. The zero-order valence-corrected chi connectivity index (χ0v) is 10.9. The second-order valence-corrected chi connectivity index (χ2v) is 4.24. The van der Waals surface area contributed by atoms with Crippen LogP contribution in [0.15, 0.2) is 12.5 Å². The molecule has 1 atom stereocenters. The molecular formula is C11H16N6O. The van der Waals surface area contributed by atoms with Gasteiger partial charge in [0.15, 0.2) is 0 Å². The molecule has 2 aromatic rings. The lowest BCUT2D eigenvalue weighted by molar-refractivity contribution is 0.0937. The molecule has 7 heteroatoms. The van der Waals surface area contributed by atoms with Crippen LogP contribution in [0.2, 0.25) is 0 Å². The molecule has 7 nitrogen and oxygen atoms in total. The highest BCUT2D eigenvalue weighted by Crippen LogP contribution is 2.10. The van der Waals surface area contributed by atoms with Crippen molar-refractivity contribution in [2.45, 2.75) is 19.9 Å². The fourth-order valence-electron chi connectivity index (χ4n) is 1.86. The summed E-state index contributed by atoms with van der Waals surface area (Å²) in [6.07, 6.45) is 3.17. The lowest BCUT2D eigenvalue weighted by atomic mass is 10.2. The number of carbonyl (C=O) groups is 1. The summed E-state index contributed by atoms with van der Waals surface area (Å²) in [7, 11) is 3.58. The summed E-state index contributed by atoms with van der Waals surface area (Å²) in [5.74, 6) is 0.556. The highest BCUT2D eigenvalue weighted by atomic mass is 16.1. The number of nitrogens with one attached hydrogen (secondary N) is 1. The van der Waals surface area contributed by atoms with E-state index < -0.39 is 0 Å². The van der Waals surface area contributed by atoms with E-state index in [1.54, 1.807) is 29.7 Å². The fraction of sp³-hybridized carbons (Fsp3) is 0.455. The molecule has 0 aliphatic rings. The van der Waals surface area contributed by atoms with E-state index in [2.05, 4.69) is 20.5 Å². The first-order valence-electron chi connectivity index (χ1n) is 5.64. The molecule has 2 aromatic heterocycles. The number of aromatic nitrogens is 5. The summed E-state index contributed by atoms with van der Waals surface area (Å²) in [4.78, 5) is 16.2. The summed E-state index contributed by atoms with van der Waals surface area (Å²) in [5, 5.41) is 11.0. The molecule has 0 bridgehead atoms. The molecule has 96 valence electrons. The molecular weight excluding hydrogens is 232 g/mol. The van der Waals surface area contributed by atoms with Crippen molar-refractivity contribution in [1.29, 1.82) is 0 Å². The van der Waals surface area contributed by atoms with Gasteiger partial charge >= 0.3 is 0 Å². The maximum atomic E-state index is 12.1. The number of nitrogens with zero attached hydrogens (tertiary/aromatic N) is 5. The predicted molar refractivity (Wildman–Crippen MR) is 64.8 cm³/mol. The van der Waals surface area contributed by atoms with Gasteiger partial charge in [0.05, 0.1) is 17.3 Å². The van der Waals surface area contributed by atoms with E-state index in [-0.39, 0.29) is 11.9 Å². The Morgan fingerprint density at radius 2 is 2.17 bits per heavy atom. The monoisotopic (exact) mass is 248 g/mol. The van der Waals surface area contributed by atoms with Crippen LogP contribution in [0, 0.1) is 6.92 Å². The van der Waals surface area contributed by atoms with E-state index in [0.29, 0.717) is 17.1 Å². The number of amides is 1. The molecule has 2 rings (SSSR count). The van der Waals surface area contributed by atoms with Gasteiger partial charge in [-0.05, 0) is 13.8 Å². The summed E-state index contributed by atoms with van der Waals surface area (Å²) < 4.78 is 3.26. The highest BCUT2D eigenvalue weighted by molar-refractivity contribution is 5.95. The smallest absolute Gasteiger partial charge is 0.255 e. The average Bonchev–Trinajstić information content (AvgIpc) is 2.84. The molecule has 0 aliphatic heterocycles. The molecule has 0 saturated carbocycles. The Morgan fingerprint density at radius 1 is 1.44 bits per heavy atom. The molecule has 0 spiro atoms. The standard InChI is InChI=1S/C11H16N6O/c1-7-9(5-16(3)15-7)11(18)14-8(2)10-12-6-13-17(10)4/h5-6,8H,1-4H3,(H,14,18)/t8-/m0/s1. The van der Waals surface area contributed by atoms with Gasteiger partial charge in [0.25, 0.3) is 5.91 Å². The van der Waals surface area contributed by atoms with Crippen LogP contribution in [0.5, 0.6) is 0 Å². The molecule has 0 unspecified atom stereocenters. The summed E-state index contributed by atoms with van der Waals surface area (Å²) in [5.41, 5.74) is 1.28. The second kappa shape index (κ2) is 4.59. The zero-order chi connectivity index (χ0) is 13.3. The van der Waals surface area contributed by atoms with Crippen molar-refractivity contribution in [2.24, 2.45) is 14.1 Å². The number of rotatable bonds is 3. The topological polar surface area (TPSA) is 77.6 Å². The Kier molecular flexibility index (Phi) is 3.14. The lowest BCUT2D eigenvalue weighted by Crippen LogP contribution is -2.28. The Balaban J connectivity index is 2.13. The van der Waals surface area contributed by atoms with Crippen molar-refractivity contribution in [3.05, 3.63) is 29.6 Å². The molecule has 0 saturated heterocycles. The van der Waals surface area contributed by atoms with Crippen molar-refractivity contribution in [3.8, 4) is 0 Å². The fourth-order valence-corrected chi connectivity index (χ4v) is 1.86. The molecule has 1 N–H and O–H groups in total. The van der Waals surface area contributed by atoms with Crippen LogP contribution in [0.3, 0.4) is 0 Å². The third kappa shape index (κ3) is 2.24. The van der Waals surface area contributed by atoms with Gasteiger partial charge in [-0.25, -0.2) is 4.98 Å². The molecule has 0 radical (unpaired) electrons. The van der Waals surface area contributed by atoms with Crippen molar-refractivity contribution < 1.29 is 4.79 Å². The van der Waals surface area contributed by atoms with E-state index in [9.17, 15) is 4.79 Å². The first-order valence-corrected chi connectivity index (χ1v) is 5.64. The SMILES string of the molecule is Cc1nn(C)cc1C(=O)N[C@@H](C)c1ncnn1C. The van der Waals surface area contributed by atoms with Gasteiger partial charge in [0.2, 0.25) is 0 Å². The number of hydrogen-bond acceptors (Lipinski definition) is 4. The van der Waals surface area contributed by atoms with Crippen LogP contribution in [-0.4, -0.2) is 30.5 Å². The highest BCUT2D eigenvalue weighted by Gasteiger charge is 2.18. The average molecular weight is 248 g/mol. The molecule has 2 heterocycles. The van der Waals surface area contributed by atoms with Crippen molar-refractivity contribution in [3.63, 3.8) is 0 Å². The minimum atomic E-state index is -0.204. The van der Waals surface area contributed by atoms with Crippen molar-refractivity contribution in [2.75, 3.05) is 0 Å². The summed E-state index contributed by atoms with van der Waals surface area (Å²) in [6.45, 7) is 3.68. The largest absolute Gasteiger partial charge is 0.342 e. The summed E-state index contributed by atoms with van der Waals surface area (Å²) in [6, 6.07) is -0.204. The van der Waals surface area contributed by atoms with Gasteiger partial charge in [-0.15, -0.1) is 0 Å². The first kappa shape index (κ1) is 12.3. The van der Waals surface area contributed by atoms with E-state index >= 15 is 0 Å². The minimum absolute atomic E-state index is 0.156. The number of aryl methyl sites for hydroxylation is 3. The van der Waals surface area contributed by atoms with Crippen LogP contribution in [0.1, 0.15) is 34.8 Å². The second-order valence-electron chi connectivity index (χ2n) is 4.24. The van der Waals surface area contributed by atoms with Gasteiger partial charge in [0.1, 0.15) is 12.2 Å². The maximum Gasteiger partial charge on any atom is 0.255 e. The van der Waals surface area contributed by atoms with Crippen LogP contribution in [-0.2, 0) is 14.1 Å². The van der Waals surface area contributed by atoms with Gasteiger partial charge in [-0.1, -0.05) is 0 Å². The van der Waals surface area contributed by atoms with Crippen LogP contribution in [0.25, 0.3) is 0 Å². The molecule has 18 heavy (non-hydrogen) atoms. The van der Waals surface area contributed by atoms with Crippen LogP contribution in [0.4, 0.5) is 0 Å². The maximum absolute atomic E-state index is 12.1. The van der Waals surface area contributed by atoms with Gasteiger partial charge in [0, 0.05) is 20.3 Å². The normalized spacial score (nSPS) is 12.4. The quantitative estimate of drug-likeness (QED) is 0.850. The Bertz CT molecular complexity index is 570. The van der Waals surface area contributed by atoms with Gasteiger partial charge in [-0.2, -0.15) is 10.2 Å². The third-order valence-corrected chi connectivity index (χ3v) is 2.74. The van der Waals surface area contributed by atoms with E-state index in [4.69, 9.17) is 0 Å². The van der Waals surface area contributed by atoms with E-state index in [0.717, 1.165) is 0 Å². The predicted octanol–water partition coefficient (Wildman–Crippen LogP) is 0.348. The Labute approximate surface area is 105 Å². The van der Waals surface area contributed by atoms with Crippen molar-refractivity contribution >= 4 is 5.91 Å². The van der Waals surface area contributed by atoms with Crippen LogP contribution < -0.4 is 5.32 Å². The van der Waals surface area contributed by atoms with Gasteiger partial charge < -0.3 is 5.32 Å². The number of carbonyl (C=O) groups excluding carboxylic acids is 1. The molecule has 0 fully saturated rings. The first-order chi connectivity index (χ1) is 8.49. The lowest BCUT2D eigenvalue weighted by Gasteiger charge is -2.12. The van der Waals surface area contributed by atoms with Crippen LogP contribution >= 0.6 is 0 Å². The van der Waals surface area contributed by atoms with Gasteiger partial charge in [-0.3, -0.25) is 14.2 Å².